The fourth-order valence-corrected chi connectivity index (χ4v) is 3.21. The molecule has 0 aliphatic carbocycles. The van der Waals surface area contributed by atoms with Crippen LogP contribution in [0.3, 0.4) is 0 Å². The number of hydrogen-bond acceptors (Lipinski definition) is 4. The summed E-state index contributed by atoms with van der Waals surface area (Å²) in [6.45, 7) is 2.38. The Labute approximate surface area is 149 Å². The van der Waals surface area contributed by atoms with E-state index in [-0.39, 0.29) is 11.7 Å². The normalized spacial score (nSPS) is 10.8. The number of nitrogens with zero attached hydrogens (tertiary/aromatic N) is 1. The smallest absolute Gasteiger partial charge is 0.224 e. The number of unbranched alkanes of at least 4 members (excludes halogenated alkanes) is 1. The van der Waals surface area contributed by atoms with Crippen LogP contribution in [0.15, 0.2) is 42.5 Å². The van der Waals surface area contributed by atoms with Crippen molar-refractivity contribution in [2.75, 3.05) is 5.32 Å². The van der Waals surface area contributed by atoms with Crippen LogP contribution in [0.2, 0.25) is 0 Å². The summed E-state index contributed by atoms with van der Waals surface area (Å²) in [5.74, 6) is 0.427. The Hall–Kier alpha value is -2.47. The number of benzene rings is 2. The highest BCUT2D eigenvalue weighted by Gasteiger charge is 2.06. The maximum absolute atomic E-state index is 13.2. The molecule has 0 fully saturated rings. The van der Waals surface area contributed by atoms with Crippen molar-refractivity contribution >= 4 is 33.1 Å². The molecular weight excluding hydrogens is 339 g/mol. The van der Waals surface area contributed by atoms with Crippen LogP contribution in [0.4, 0.5) is 10.1 Å². The molecule has 1 amide bonds. The third kappa shape index (κ3) is 4.76. The summed E-state index contributed by atoms with van der Waals surface area (Å²) in [6.07, 6.45) is 2.42. The molecule has 6 heteroatoms. The molecule has 0 aliphatic rings. The number of halogens is 1. The standard InChI is InChI=1S/C19H19FN2O2S/c1-2-3-4-18(23)21-14-6-8-15(9-7-14)24-12-19-22-16-11-13(20)5-10-17(16)25-19/h5-11H,2-4,12H2,1H3,(H,21,23). The molecule has 2 aromatic carbocycles. The number of ether oxygens (including phenoxy) is 1. The van der Waals surface area contributed by atoms with E-state index in [2.05, 4.69) is 17.2 Å². The second-order valence-corrected chi connectivity index (χ2v) is 6.80. The van der Waals surface area contributed by atoms with Crippen molar-refractivity contribution in [3.8, 4) is 5.75 Å². The highest BCUT2D eigenvalue weighted by molar-refractivity contribution is 7.18. The topological polar surface area (TPSA) is 51.2 Å². The molecule has 130 valence electrons. The van der Waals surface area contributed by atoms with Crippen molar-refractivity contribution in [2.45, 2.75) is 32.8 Å². The number of amides is 1. The molecule has 3 aromatic rings. The Morgan fingerprint density at radius 1 is 1.24 bits per heavy atom. The zero-order valence-corrected chi connectivity index (χ0v) is 14.7. The van der Waals surface area contributed by atoms with Crippen LogP contribution >= 0.6 is 11.3 Å². The van der Waals surface area contributed by atoms with Gasteiger partial charge in [-0.15, -0.1) is 11.3 Å². The first-order valence-corrected chi connectivity index (χ1v) is 9.03. The largest absolute Gasteiger partial charge is 0.486 e. The molecule has 0 bridgehead atoms. The maximum Gasteiger partial charge on any atom is 0.224 e. The summed E-state index contributed by atoms with van der Waals surface area (Å²) >= 11 is 1.48. The lowest BCUT2D eigenvalue weighted by molar-refractivity contribution is -0.116. The molecule has 1 heterocycles. The number of rotatable bonds is 7. The molecule has 0 unspecified atom stereocenters. The van der Waals surface area contributed by atoms with Crippen molar-refractivity contribution in [1.82, 2.24) is 4.98 Å². The number of anilines is 1. The molecular formula is C19H19FN2O2S. The molecule has 0 atom stereocenters. The minimum absolute atomic E-state index is 0.0252. The Morgan fingerprint density at radius 2 is 2.04 bits per heavy atom. The zero-order valence-electron chi connectivity index (χ0n) is 13.9. The minimum Gasteiger partial charge on any atom is -0.486 e. The van der Waals surface area contributed by atoms with Crippen molar-refractivity contribution < 1.29 is 13.9 Å². The average Bonchev–Trinajstić information content (AvgIpc) is 3.01. The van der Waals surface area contributed by atoms with Gasteiger partial charge in [0, 0.05) is 18.2 Å². The number of aromatic nitrogens is 1. The van der Waals surface area contributed by atoms with E-state index in [0.717, 1.165) is 28.2 Å². The van der Waals surface area contributed by atoms with Gasteiger partial charge in [0.2, 0.25) is 5.91 Å². The quantitative estimate of drug-likeness (QED) is 0.636. The van der Waals surface area contributed by atoms with Gasteiger partial charge in [-0.1, -0.05) is 13.3 Å². The average molecular weight is 358 g/mol. The van der Waals surface area contributed by atoms with E-state index in [4.69, 9.17) is 4.74 Å². The van der Waals surface area contributed by atoms with Gasteiger partial charge < -0.3 is 10.1 Å². The summed E-state index contributed by atoms with van der Waals surface area (Å²) < 4.78 is 19.9. The van der Waals surface area contributed by atoms with Gasteiger partial charge in [0.25, 0.3) is 0 Å². The van der Waals surface area contributed by atoms with Crippen LogP contribution in [-0.2, 0) is 11.4 Å². The number of nitrogens with one attached hydrogen (secondary N) is 1. The van der Waals surface area contributed by atoms with E-state index >= 15 is 0 Å². The fraction of sp³-hybridized carbons (Fsp3) is 0.263. The molecule has 1 aromatic heterocycles. The van der Waals surface area contributed by atoms with Gasteiger partial charge in [-0.05, 0) is 42.8 Å². The molecule has 0 radical (unpaired) electrons. The number of hydrogen-bond donors (Lipinski definition) is 1. The van der Waals surface area contributed by atoms with E-state index in [1.165, 1.54) is 23.5 Å². The second-order valence-electron chi connectivity index (χ2n) is 5.68. The predicted octanol–water partition coefficient (Wildman–Crippen LogP) is 5.14. The van der Waals surface area contributed by atoms with Crippen LogP contribution in [0.5, 0.6) is 5.75 Å². The zero-order chi connectivity index (χ0) is 17.6. The van der Waals surface area contributed by atoms with Gasteiger partial charge in [0.15, 0.2) is 0 Å². The second kappa shape index (κ2) is 8.07. The van der Waals surface area contributed by atoms with Crippen molar-refractivity contribution in [2.24, 2.45) is 0 Å². The molecule has 3 rings (SSSR count). The van der Waals surface area contributed by atoms with E-state index in [1.807, 2.05) is 24.3 Å². The summed E-state index contributed by atoms with van der Waals surface area (Å²) in [5, 5.41) is 3.65. The first-order chi connectivity index (χ1) is 12.1. The number of carbonyl (C=O) groups is 1. The lowest BCUT2D eigenvalue weighted by atomic mass is 10.2. The fourth-order valence-electron chi connectivity index (χ4n) is 2.35. The van der Waals surface area contributed by atoms with Gasteiger partial charge in [0.05, 0.1) is 10.2 Å². The monoisotopic (exact) mass is 358 g/mol. The molecule has 0 saturated heterocycles. The maximum atomic E-state index is 13.2. The summed E-state index contributed by atoms with van der Waals surface area (Å²) in [6, 6.07) is 11.8. The van der Waals surface area contributed by atoms with Crippen molar-refractivity contribution in [1.29, 1.82) is 0 Å². The minimum atomic E-state index is -0.290. The molecule has 1 N–H and O–H groups in total. The van der Waals surface area contributed by atoms with E-state index in [1.54, 1.807) is 6.07 Å². The third-order valence-electron chi connectivity index (χ3n) is 3.65. The van der Waals surface area contributed by atoms with Gasteiger partial charge in [-0.2, -0.15) is 0 Å². The molecule has 0 aliphatic heterocycles. The van der Waals surface area contributed by atoms with Crippen LogP contribution in [0.25, 0.3) is 10.2 Å². The molecule has 4 nitrogen and oxygen atoms in total. The van der Waals surface area contributed by atoms with E-state index in [9.17, 15) is 9.18 Å². The van der Waals surface area contributed by atoms with Crippen LogP contribution in [-0.4, -0.2) is 10.9 Å². The summed E-state index contributed by atoms with van der Waals surface area (Å²) in [5.41, 5.74) is 1.40. The lowest BCUT2D eigenvalue weighted by Crippen LogP contribution is -2.10. The van der Waals surface area contributed by atoms with Crippen LogP contribution in [0, 0.1) is 5.82 Å². The van der Waals surface area contributed by atoms with E-state index < -0.39 is 0 Å². The highest BCUT2D eigenvalue weighted by atomic mass is 32.1. The molecule has 0 saturated carbocycles. The van der Waals surface area contributed by atoms with E-state index in [0.29, 0.717) is 24.3 Å². The first-order valence-electron chi connectivity index (χ1n) is 8.21. The highest BCUT2D eigenvalue weighted by Crippen LogP contribution is 2.24. The van der Waals surface area contributed by atoms with Crippen molar-refractivity contribution in [3.05, 3.63) is 53.3 Å². The third-order valence-corrected chi connectivity index (χ3v) is 4.66. The predicted molar refractivity (Wildman–Crippen MR) is 98.5 cm³/mol. The SMILES string of the molecule is CCCCC(=O)Nc1ccc(OCc2nc3cc(F)ccc3s2)cc1. The Bertz CT molecular complexity index is 861. The van der Waals surface area contributed by atoms with Crippen molar-refractivity contribution in [3.63, 3.8) is 0 Å². The number of fused-ring (bicyclic) bond motifs is 1. The van der Waals surface area contributed by atoms with Crippen LogP contribution < -0.4 is 10.1 Å². The molecule has 25 heavy (non-hydrogen) atoms. The number of thiazole rings is 1. The number of carbonyl (C=O) groups excluding carboxylic acids is 1. The Morgan fingerprint density at radius 3 is 2.80 bits per heavy atom. The Balaban J connectivity index is 1.56. The lowest BCUT2D eigenvalue weighted by Gasteiger charge is -2.07. The Kier molecular flexibility index (Phi) is 5.60. The molecule has 0 spiro atoms. The van der Waals surface area contributed by atoms with Gasteiger partial charge in [-0.3, -0.25) is 4.79 Å². The van der Waals surface area contributed by atoms with Gasteiger partial charge >= 0.3 is 0 Å². The summed E-state index contributed by atoms with van der Waals surface area (Å²) in [7, 11) is 0. The van der Waals surface area contributed by atoms with Crippen LogP contribution in [0.1, 0.15) is 31.2 Å². The summed E-state index contributed by atoms with van der Waals surface area (Å²) in [4.78, 5) is 16.1. The first kappa shape index (κ1) is 17.4. The van der Waals surface area contributed by atoms with Gasteiger partial charge in [-0.25, -0.2) is 9.37 Å². The van der Waals surface area contributed by atoms with Gasteiger partial charge in [0.1, 0.15) is 23.2 Å².